The number of nitrogens with zero attached hydrogens (tertiary/aromatic N) is 4. The second-order valence-corrected chi connectivity index (χ2v) is 25.1. The molecule has 5 rings (SSSR count). The molecule has 0 radical (unpaired) electrons. The van der Waals surface area contributed by atoms with Crippen LogP contribution in [0.5, 0.6) is 0 Å². The zero-order chi connectivity index (χ0) is 43.9. The van der Waals surface area contributed by atoms with E-state index >= 15 is 0 Å². The van der Waals surface area contributed by atoms with Crippen LogP contribution in [0.15, 0.2) is 117 Å². The lowest BCUT2D eigenvalue weighted by molar-refractivity contribution is 0.331. The molecule has 1 fully saturated rings. The van der Waals surface area contributed by atoms with Crippen molar-refractivity contribution in [3.63, 3.8) is 0 Å². The molecule has 1 aliphatic rings. The van der Waals surface area contributed by atoms with Crippen LogP contribution in [-0.2, 0) is 49.9 Å². The molecule has 19 heteroatoms. The highest BCUT2D eigenvalue weighted by molar-refractivity contribution is 7.92. The quantitative estimate of drug-likeness (QED) is 0.243. The summed E-state index contributed by atoms with van der Waals surface area (Å²) in [6.07, 6.45) is -0.000449. The van der Waals surface area contributed by atoms with Crippen LogP contribution in [0, 0.1) is 27.7 Å². The first-order valence-electron chi connectivity index (χ1n) is 19.6. The Morgan fingerprint density at radius 2 is 0.517 bits per heavy atom. The molecule has 60 heavy (non-hydrogen) atoms. The Hall–Kier alpha value is -3.53. The van der Waals surface area contributed by atoms with E-state index in [0.29, 0.717) is 0 Å². The number of sulfonamides is 4. The van der Waals surface area contributed by atoms with Crippen LogP contribution >= 0.6 is 0 Å². The molecule has 0 spiro atoms. The molecule has 14 nitrogen and oxygen atoms in total. The van der Waals surface area contributed by atoms with Gasteiger partial charge in [-0.1, -0.05) is 70.8 Å². The summed E-state index contributed by atoms with van der Waals surface area (Å²) >= 11 is 0. The van der Waals surface area contributed by atoms with E-state index in [0.717, 1.165) is 30.9 Å². The average Bonchev–Trinajstić information content (AvgIpc) is 3.19. The summed E-state index contributed by atoms with van der Waals surface area (Å²) in [4.78, 5) is -0.127. The number of hydrogen-bond donors (Lipinski definition) is 0. The van der Waals surface area contributed by atoms with Gasteiger partial charge in [0.15, 0.2) is 9.84 Å². The van der Waals surface area contributed by atoms with Crippen LogP contribution in [0.3, 0.4) is 0 Å². The largest absolute Gasteiger partial charge is 0.243 e. The minimum Gasteiger partial charge on any atom is -0.229 e. The summed E-state index contributed by atoms with van der Waals surface area (Å²) in [6, 6.07) is 24.7. The number of aryl methyl sites for hydroxylation is 4. The molecule has 0 amide bonds. The van der Waals surface area contributed by atoms with E-state index in [1.54, 1.807) is 62.4 Å². The Labute approximate surface area is 357 Å². The van der Waals surface area contributed by atoms with Gasteiger partial charge in [0, 0.05) is 52.4 Å². The van der Waals surface area contributed by atoms with Crippen LogP contribution in [-0.4, -0.2) is 123 Å². The van der Waals surface area contributed by atoms with Gasteiger partial charge in [-0.05, 0) is 95.5 Å². The molecule has 0 aliphatic carbocycles. The van der Waals surface area contributed by atoms with Crippen molar-refractivity contribution in [3.05, 3.63) is 119 Å². The molecule has 1 saturated heterocycles. The average molecular weight is 923 g/mol. The molecular formula is C41H54N4O10S5. The first-order chi connectivity index (χ1) is 28.1. The number of sulfone groups is 1. The van der Waals surface area contributed by atoms with E-state index in [4.69, 9.17) is 0 Å². The predicted molar refractivity (Wildman–Crippen MR) is 232 cm³/mol. The maximum absolute atomic E-state index is 14.2. The first kappa shape index (κ1) is 47.5. The highest BCUT2D eigenvalue weighted by Gasteiger charge is 2.32. The van der Waals surface area contributed by atoms with Crippen molar-refractivity contribution in [2.75, 3.05) is 63.9 Å². The van der Waals surface area contributed by atoms with Gasteiger partial charge in [-0.2, -0.15) is 17.2 Å². The first-order valence-corrected chi connectivity index (χ1v) is 27.2. The van der Waals surface area contributed by atoms with Crippen LogP contribution in [0.2, 0.25) is 0 Å². The lowest BCUT2D eigenvalue weighted by Gasteiger charge is -2.28. The third-order valence-electron chi connectivity index (χ3n) is 10.4. The topological polar surface area (TPSA) is 184 Å². The lowest BCUT2D eigenvalue weighted by atomic mass is 10.2. The summed E-state index contributed by atoms with van der Waals surface area (Å²) < 4.78 is 145. The van der Waals surface area contributed by atoms with Crippen molar-refractivity contribution < 1.29 is 42.1 Å². The van der Waals surface area contributed by atoms with Crippen molar-refractivity contribution in [3.8, 4) is 0 Å². The Morgan fingerprint density at radius 1 is 0.333 bits per heavy atom. The lowest BCUT2D eigenvalue weighted by Crippen LogP contribution is -2.42. The maximum Gasteiger partial charge on any atom is 0.243 e. The molecule has 0 bridgehead atoms. The van der Waals surface area contributed by atoms with Crippen molar-refractivity contribution in [1.29, 1.82) is 0 Å². The summed E-state index contributed by atoms with van der Waals surface area (Å²) in [5, 5.41) is 0. The number of hydrogen-bond acceptors (Lipinski definition) is 10. The van der Waals surface area contributed by atoms with Crippen LogP contribution < -0.4 is 0 Å². The van der Waals surface area contributed by atoms with Gasteiger partial charge in [0.1, 0.15) is 0 Å². The highest BCUT2D eigenvalue weighted by Crippen LogP contribution is 2.24. The normalized spacial score (nSPS) is 18.7. The van der Waals surface area contributed by atoms with Gasteiger partial charge in [-0.3, -0.25) is 0 Å². The minimum absolute atomic E-state index is 0.00415. The standard InChI is InChI=1S/C41H54N4O10S5/c1-34-8-16-38(17-9-34)57(48,49)42-24-5-25-43(58(50,51)39-18-10-35(2)11-19-39)27-7-29-45(60(54,55)41-22-14-37(4)15-23-41)31-33-56(46,47)32-30-44(28-6-26-42)59(52,53)40-20-12-36(3)13-21-40/h8-23H,5-7,24-33H2,1-4H3. The fraction of sp³-hybridized carbons (Fsp3) is 0.415. The van der Waals surface area contributed by atoms with Gasteiger partial charge in [0.25, 0.3) is 0 Å². The number of rotatable bonds is 8. The monoisotopic (exact) mass is 922 g/mol. The molecule has 0 saturated carbocycles. The molecule has 0 unspecified atom stereocenters. The van der Waals surface area contributed by atoms with Crippen molar-refractivity contribution in [1.82, 2.24) is 17.2 Å². The Kier molecular flexibility index (Phi) is 15.6. The van der Waals surface area contributed by atoms with E-state index in [2.05, 4.69) is 0 Å². The van der Waals surface area contributed by atoms with Crippen LogP contribution in [0.25, 0.3) is 0 Å². The summed E-state index contributed by atoms with van der Waals surface area (Å²) in [7, 11) is -21.0. The van der Waals surface area contributed by atoms with Gasteiger partial charge >= 0.3 is 0 Å². The molecule has 328 valence electrons. The molecule has 4 aromatic carbocycles. The van der Waals surface area contributed by atoms with Crippen molar-refractivity contribution >= 4 is 49.9 Å². The van der Waals surface area contributed by atoms with Crippen LogP contribution in [0.1, 0.15) is 41.5 Å². The van der Waals surface area contributed by atoms with Gasteiger partial charge in [0.2, 0.25) is 40.1 Å². The summed E-state index contributed by atoms with van der Waals surface area (Å²) in [5.74, 6) is -1.27. The van der Waals surface area contributed by atoms with Crippen molar-refractivity contribution in [2.24, 2.45) is 0 Å². The zero-order valence-electron chi connectivity index (χ0n) is 34.3. The molecule has 4 aromatic rings. The predicted octanol–water partition coefficient (Wildman–Crippen LogP) is 4.58. The Morgan fingerprint density at radius 3 is 0.717 bits per heavy atom. The zero-order valence-corrected chi connectivity index (χ0v) is 38.4. The summed E-state index contributed by atoms with van der Waals surface area (Å²) in [6.45, 7) is 5.24. The minimum atomic E-state index is -4.27. The smallest absolute Gasteiger partial charge is 0.229 e. The molecule has 0 atom stereocenters. The maximum atomic E-state index is 14.2. The third-order valence-corrected chi connectivity index (χ3v) is 19.6. The fourth-order valence-electron chi connectivity index (χ4n) is 6.70. The molecule has 0 N–H and O–H groups in total. The Balaban J connectivity index is 1.55. The van der Waals surface area contributed by atoms with E-state index < -0.39 is 74.5 Å². The Bertz CT molecular complexity index is 2460. The van der Waals surface area contributed by atoms with Gasteiger partial charge in [0.05, 0.1) is 31.1 Å². The third kappa shape index (κ3) is 11.9. The van der Waals surface area contributed by atoms with E-state index in [-0.39, 0.29) is 78.1 Å². The molecule has 1 aliphatic heterocycles. The van der Waals surface area contributed by atoms with Gasteiger partial charge in [-0.25, -0.2) is 42.1 Å². The van der Waals surface area contributed by atoms with E-state index in [9.17, 15) is 42.1 Å². The molecule has 1 heterocycles. The summed E-state index contributed by atoms with van der Waals surface area (Å²) in [5.41, 5.74) is 3.29. The van der Waals surface area contributed by atoms with Crippen LogP contribution in [0.4, 0.5) is 0 Å². The van der Waals surface area contributed by atoms with Gasteiger partial charge in [-0.15, -0.1) is 0 Å². The van der Waals surface area contributed by atoms with Gasteiger partial charge < -0.3 is 0 Å². The van der Waals surface area contributed by atoms with E-state index in [1.165, 1.54) is 57.1 Å². The SMILES string of the molecule is Cc1ccc(S(=O)(=O)N2CCCN(S(=O)(=O)c3ccc(C)cc3)CCCN(S(=O)(=O)c3ccc(C)cc3)CCS(=O)(=O)CCN(S(=O)(=O)c3ccc(C)cc3)CCC2)cc1. The van der Waals surface area contributed by atoms with Crippen molar-refractivity contribution in [2.45, 2.75) is 66.5 Å². The molecular weight excluding hydrogens is 869 g/mol. The second kappa shape index (κ2) is 19.7. The highest BCUT2D eigenvalue weighted by atomic mass is 32.2. The van der Waals surface area contributed by atoms with E-state index in [1.807, 2.05) is 13.8 Å². The molecule has 0 aromatic heterocycles. The fourth-order valence-corrected chi connectivity index (χ4v) is 14.1. The second-order valence-electron chi connectivity index (χ2n) is 15.1. The number of benzene rings is 4.